The van der Waals surface area contributed by atoms with Gasteiger partial charge in [0, 0.05) is 24.2 Å². The molecule has 0 aliphatic carbocycles. The van der Waals surface area contributed by atoms with Crippen molar-refractivity contribution in [2.75, 3.05) is 13.2 Å². The number of ether oxygens (including phenoxy) is 1. The van der Waals surface area contributed by atoms with E-state index in [-0.39, 0.29) is 6.10 Å². The van der Waals surface area contributed by atoms with E-state index in [1.54, 1.807) is 11.3 Å². The number of hydrogen-bond donors (Lipinski definition) is 1. The smallest absolute Gasteiger partial charge is 0.122 e. The maximum atomic E-state index is 5.66. The second kappa shape index (κ2) is 7.80. The third-order valence-corrected chi connectivity index (χ3v) is 3.53. The van der Waals surface area contributed by atoms with E-state index in [4.69, 9.17) is 4.74 Å². The maximum absolute atomic E-state index is 5.66. The second-order valence-corrected chi connectivity index (χ2v) is 5.69. The van der Waals surface area contributed by atoms with Crippen LogP contribution in [0.3, 0.4) is 0 Å². The van der Waals surface area contributed by atoms with Gasteiger partial charge in [-0.1, -0.05) is 20.8 Å². The highest BCUT2D eigenvalue weighted by atomic mass is 32.1. The summed E-state index contributed by atoms with van der Waals surface area (Å²) in [5.74, 6) is 0.689. The van der Waals surface area contributed by atoms with Crippen molar-refractivity contribution < 1.29 is 4.74 Å². The molecule has 1 heterocycles. The van der Waals surface area contributed by atoms with E-state index >= 15 is 0 Å². The standard InChI is InChI=1S/C13H24N2OS/c1-5-12(16-6-2)13-15-9-11(17-13)8-14-7-10(3)4/h9-10,12,14H,5-8H2,1-4H3. The van der Waals surface area contributed by atoms with Crippen LogP contribution in [-0.4, -0.2) is 18.1 Å². The van der Waals surface area contributed by atoms with E-state index in [1.165, 1.54) is 4.88 Å². The fraction of sp³-hybridized carbons (Fsp3) is 0.769. The van der Waals surface area contributed by atoms with Crippen molar-refractivity contribution >= 4 is 11.3 Å². The van der Waals surface area contributed by atoms with Crippen molar-refractivity contribution in [2.45, 2.75) is 46.8 Å². The highest BCUT2D eigenvalue weighted by molar-refractivity contribution is 7.11. The van der Waals surface area contributed by atoms with Crippen LogP contribution in [0.4, 0.5) is 0 Å². The van der Waals surface area contributed by atoms with Gasteiger partial charge < -0.3 is 10.1 Å². The van der Waals surface area contributed by atoms with Crippen LogP contribution >= 0.6 is 11.3 Å². The van der Waals surface area contributed by atoms with Gasteiger partial charge in [0.1, 0.15) is 11.1 Å². The lowest BCUT2D eigenvalue weighted by atomic mass is 10.2. The average molecular weight is 256 g/mol. The van der Waals surface area contributed by atoms with E-state index in [0.717, 1.165) is 31.1 Å². The number of aromatic nitrogens is 1. The minimum absolute atomic E-state index is 0.170. The average Bonchev–Trinajstić information content (AvgIpc) is 2.74. The van der Waals surface area contributed by atoms with Crippen LogP contribution in [-0.2, 0) is 11.3 Å². The molecule has 3 nitrogen and oxygen atoms in total. The lowest BCUT2D eigenvalue weighted by Gasteiger charge is -2.11. The third kappa shape index (κ3) is 5.15. The normalized spacial score (nSPS) is 13.2. The Morgan fingerprint density at radius 1 is 1.41 bits per heavy atom. The van der Waals surface area contributed by atoms with Gasteiger partial charge in [0.25, 0.3) is 0 Å². The van der Waals surface area contributed by atoms with Gasteiger partial charge in [-0.25, -0.2) is 4.98 Å². The maximum Gasteiger partial charge on any atom is 0.122 e. The minimum atomic E-state index is 0.170. The van der Waals surface area contributed by atoms with Gasteiger partial charge in [-0.15, -0.1) is 11.3 Å². The van der Waals surface area contributed by atoms with Gasteiger partial charge in [0.2, 0.25) is 0 Å². The Morgan fingerprint density at radius 3 is 2.76 bits per heavy atom. The van der Waals surface area contributed by atoms with Crippen molar-refractivity contribution in [1.82, 2.24) is 10.3 Å². The molecule has 0 aromatic carbocycles. The van der Waals surface area contributed by atoms with Crippen LogP contribution in [0.5, 0.6) is 0 Å². The summed E-state index contributed by atoms with van der Waals surface area (Å²) in [5.41, 5.74) is 0. The molecule has 0 saturated heterocycles. The Bertz CT molecular complexity index is 312. The van der Waals surface area contributed by atoms with Crippen molar-refractivity contribution in [3.05, 3.63) is 16.1 Å². The predicted molar refractivity (Wildman–Crippen MR) is 73.3 cm³/mol. The topological polar surface area (TPSA) is 34.1 Å². The van der Waals surface area contributed by atoms with Gasteiger partial charge in [0.05, 0.1) is 0 Å². The number of nitrogens with zero attached hydrogens (tertiary/aromatic N) is 1. The molecule has 1 aromatic heterocycles. The molecule has 0 spiro atoms. The molecule has 1 N–H and O–H groups in total. The molecule has 0 aliphatic heterocycles. The Morgan fingerprint density at radius 2 is 2.18 bits per heavy atom. The Balaban J connectivity index is 2.46. The molecule has 1 aromatic rings. The first-order chi connectivity index (χ1) is 8.17. The number of hydrogen-bond acceptors (Lipinski definition) is 4. The predicted octanol–water partition coefficient (Wildman–Crippen LogP) is 3.38. The summed E-state index contributed by atoms with van der Waals surface area (Å²) in [7, 11) is 0. The lowest BCUT2D eigenvalue weighted by molar-refractivity contribution is 0.0596. The molecule has 0 fully saturated rings. The largest absolute Gasteiger partial charge is 0.371 e. The zero-order valence-electron chi connectivity index (χ0n) is 11.3. The van der Waals surface area contributed by atoms with Crippen molar-refractivity contribution in [1.29, 1.82) is 0 Å². The first kappa shape index (κ1) is 14.6. The van der Waals surface area contributed by atoms with Crippen LogP contribution in [0.15, 0.2) is 6.20 Å². The van der Waals surface area contributed by atoms with Gasteiger partial charge in [0.15, 0.2) is 0 Å². The number of thiazole rings is 1. The van der Waals surface area contributed by atoms with E-state index in [1.807, 2.05) is 13.1 Å². The Kier molecular flexibility index (Phi) is 6.70. The molecular weight excluding hydrogens is 232 g/mol. The number of rotatable bonds is 8. The van der Waals surface area contributed by atoms with Gasteiger partial charge >= 0.3 is 0 Å². The molecule has 17 heavy (non-hydrogen) atoms. The molecule has 98 valence electrons. The summed E-state index contributed by atoms with van der Waals surface area (Å²) in [6.07, 6.45) is 3.12. The molecule has 0 radical (unpaired) electrons. The second-order valence-electron chi connectivity index (χ2n) is 4.54. The SMILES string of the molecule is CCOC(CC)c1ncc(CNCC(C)C)s1. The molecule has 0 amide bonds. The Hall–Kier alpha value is -0.450. The van der Waals surface area contributed by atoms with Gasteiger partial charge in [-0.3, -0.25) is 0 Å². The summed E-state index contributed by atoms with van der Waals surface area (Å²) < 4.78 is 5.66. The van der Waals surface area contributed by atoms with Crippen molar-refractivity contribution in [3.8, 4) is 0 Å². The highest BCUT2D eigenvalue weighted by Crippen LogP contribution is 2.25. The van der Waals surface area contributed by atoms with E-state index in [2.05, 4.69) is 31.1 Å². The lowest BCUT2D eigenvalue weighted by Crippen LogP contribution is -2.18. The zero-order chi connectivity index (χ0) is 12.7. The van der Waals surface area contributed by atoms with Crippen LogP contribution in [0.1, 0.15) is 50.1 Å². The Labute approximate surface area is 109 Å². The fourth-order valence-corrected chi connectivity index (χ4v) is 2.62. The monoisotopic (exact) mass is 256 g/mol. The van der Waals surface area contributed by atoms with Crippen LogP contribution < -0.4 is 5.32 Å². The quantitative estimate of drug-likeness (QED) is 0.774. The van der Waals surface area contributed by atoms with Crippen LogP contribution in [0.2, 0.25) is 0 Å². The summed E-state index contributed by atoms with van der Waals surface area (Å²) in [6, 6.07) is 0. The van der Waals surface area contributed by atoms with E-state index < -0.39 is 0 Å². The van der Waals surface area contributed by atoms with Crippen molar-refractivity contribution in [3.63, 3.8) is 0 Å². The molecule has 0 bridgehead atoms. The van der Waals surface area contributed by atoms with E-state index in [0.29, 0.717) is 5.92 Å². The molecular formula is C13H24N2OS. The van der Waals surface area contributed by atoms with E-state index in [9.17, 15) is 0 Å². The zero-order valence-corrected chi connectivity index (χ0v) is 12.1. The molecule has 0 saturated carbocycles. The minimum Gasteiger partial charge on any atom is -0.371 e. The summed E-state index contributed by atoms with van der Waals surface area (Å²) in [5, 5.41) is 4.54. The molecule has 1 rings (SSSR count). The third-order valence-electron chi connectivity index (χ3n) is 2.44. The fourth-order valence-electron chi connectivity index (χ4n) is 1.60. The van der Waals surface area contributed by atoms with Crippen LogP contribution in [0.25, 0.3) is 0 Å². The molecule has 1 atom stereocenters. The first-order valence-electron chi connectivity index (χ1n) is 6.44. The molecule has 0 aliphatic rings. The summed E-state index contributed by atoms with van der Waals surface area (Å²) in [6.45, 7) is 11.3. The molecule has 4 heteroatoms. The summed E-state index contributed by atoms with van der Waals surface area (Å²) >= 11 is 1.76. The van der Waals surface area contributed by atoms with Crippen LogP contribution in [0, 0.1) is 5.92 Å². The molecule has 1 unspecified atom stereocenters. The van der Waals surface area contributed by atoms with Gasteiger partial charge in [-0.05, 0) is 25.8 Å². The highest BCUT2D eigenvalue weighted by Gasteiger charge is 2.13. The van der Waals surface area contributed by atoms with Gasteiger partial charge in [-0.2, -0.15) is 0 Å². The summed E-state index contributed by atoms with van der Waals surface area (Å²) in [4.78, 5) is 5.75. The number of nitrogens with one attached hydrogen (secondary N) is 1. The van der Waals surface area contributed by atoms with Crippen molar-refractivity contribution in [2.24, 2.45) is 5.92 Å². The first-order valence-corrected chi connectivity index (χ1v) is 7.25.